The summed E-state index contributed by atoms with van der Waals surface area (Å²) in [4.78, 5) is 4.85. The van der Waals surface area contributed by atoms with Crippen molar-refractivity contribution in [2.45, 2.75) is 32.6 Å². The zero-order valence-electron chi connectivity index (χ0n) is 19.4. The maximum absolute atomic E-state index is 10.1. The molecule has 3 heterocycles. The number of hydrogen-bond donors (Lipinski definition) is 0. The molecule has 1 atom stereocenters. The Labute approximate surface area is 215 Å². The van der Waals surface area contributed by atoms with Gasteiger partial charge in [-0.1, -0.05) is 54.8 Å². The maximum atomic E-state index is 10.1. The predicted octanol–water partition coefficient (Wildman–Crippen LogP) is 6.31. The normalized spacial score (nSPS) is 20.8. The van der Waals surface area contributed by atoms with Gasteiger partial charge in [0.2, 0.25) is 12.3 Å². The van der Waals surface area contributed by atoms with Gasteiger partial charge in [-0.2, -0.15) is 15.4 Å². The summed E-state index contributed by atoms with van der Waals surface area (Å²) in [6, 6.07) is 19.5. The lowest BCUT2D eigenvalue weighted by atomic mass is 10.1. The smallest absolute Gasteiger partial charge is 0.238 e. The molecule has 9 heteroatoms. The molecule has 1 aromatic heterocycles. The molecule has 2 aliphatic heterocycles. The van der Waals surface area contributed by atoms with Crippen molar-refractivity contribution >= 4 is 52.9 Å². The molecule has 3 aromatic rings. The Morgan fingerprint density at radius 2 is 1.77 bits per heavy atom. The molecule has 6 nitrogen and oxygen atoms in total. The summed E-state index contributed by atoms with van der Waals surface area (Å²) in [5.74, 6) is 0.902. The molecular weight excluding hydrogens is 497 g/mol. The van der Waals surface area contributed by atoms with E-state index in [0.717, 1.165) is 48.2 Å². The van der Waals surface area contributed by atoms with Crippen LogP contribution in [0.4, 0.5) is 5.82 Å². The molecule has 5 rings (SSSR count). The third-order valence-corrected chi connectivity index (χ3v) is 10.6. The molecule has 0 amide bonds. The van der Waals surface area contributed by atoms with Gasteiger partial charge >= 0.3 is 0 Å². The first-order chi connectivity index (χ1) is 17.0. The highest BCUT2D eigenvalue weighted by Crippen LogP contribution is 2.57. The van der Waals surface area contributed by atoms with Crippen LogP contribution in [0.2, 0.25) is 5.02 Å². The zero-order valence-corrected chi connectivity index (χ0v) is 21.9. The molecule has 0 saturated carbocycles. The second-order valence-electron chi connectivity index (χ2n) is 8.62. The molecule has 1 fully saturated rings. The summed E-state index contributed by atoms with van der Waals surface area (Å²) in [7, 11) is 0. The van der Waals surface area contributed by atoms with Gasteiger partial charge < -0.3 is 4.52 Å². The van der Waals surface area contributed by atoms with Crippen molar-refractivity contribution in [1.29, 1.82) is 5.26 Å². The van der Waals surface area contributed by atoms with E-state index in [1.165, 1.54) is 12.8 Å². The highest BCUT2D eigenvalue weighted by molar-refractivity contribution is 8.15. The summed E-state index contributed by atoms with van der Waals surface area (Å²) in [5, 5.41) is 16.4. The van der Waals surface area contributed by atoms with Crippen LogP contribution >= 0.6 is 18.0 Å². The topological polar surface area (TPSA) is 66.4 Å². The number of aromatic nitrogens is 2. The molecule has 0 radical (unpaired) electrons. The number of hydrogen-bond acceptors (Lipinski definition) is 5. The number of nitriles is 1. The second kappa shape index (κ2) is 10.1. The Bertz CT molecular complexity index is 1380. The largest absolute Gasteiger partial charge is 0.430 e. The van der Waals surface area contributed by atoms with Crippen molar-refractivity contribution in [3.63, 3.8) is 0 Å². The monoisotopic (exact) mass is 521 g/mol. The van der Waals surface area contributed by atoms with Gasteiger partial charge in [0.15, 0.2) is 5.82 Å². The molecule has 1 unspecified atom stereocenters. The number of halogens is 1. The van der Waals surface area contributed by atoms with E-state index >= 15 is 0 Å². The molecule has 0 N–H and O–H groups in total. The highest BCUT2D eigenvalue weighted by Gasteiger charge is 2.42. The number of aryl methyl sites for hydroxylation is 1. The van der Waals surface area contributed by atoms with E-state index in [4.69, 9.17) is 38.0 Å². The number of nitrogens with zero attached hydrogens (tertiary/aromatic N) is 5. The zero-order chi connectivity index (χ0) is 24.4. The third kappa shape index (κ3) is 4.72. The minimum absolute atomic E-state index is 0.250. The molecular formula is C26H25ClN5OPS. The van der Waals surface area contributed by atoms with E-state index < -0.39 is 6.42 Å². The van der Waals surface area contributed by atoms with Crippen LogP contribution in [0.3, 0.4) is 0 Å². The standard InChI is InChI=1S/C26H25ClN5OPS/c1-19-24-25(32(30-19)23-9-5-4-6-10-23)29-26(21(18-28)17-20-11-13-22(27)14-12-20)33-34(24,35)31-15-7-2-3-8-16-31/h4-6,9-14,17H,2-3,7-8,15-16H2,1H3/b21-17-. The van der Waals surface area contributed by atoms with Crippen LogP contribution in [-0.4, -0.2) is 33.4 Å². The lowest BCUT2D eigenvalue weighted by molar-refractivity contribution is 0.425. The van der Waals surface area contributed by atoms with Crippen LogP contribution in [-0.2, 0) is 16.3 Å². The van der Waals surface area contributed by atoms with E-state index in [2.05, 4.69) is 10.7 Å². The quantitative estimate of drug-likeness (QED) is 0.297. The highest BCUT2D eigenvalue weighted by atomic mass is 35.5. The molecule has 0 spiro atoms. The molecule has 0 bridgehead atoms. The Hall–Kier alpha value is -2.75. The van der Waals surface area contributed by atoms with E-state index in [0.29, 0.717) is 16.4 Å². The van der Waals surface area contributed by atoms with Gasteiger partial charge in [0.05, 0.1) is 11.4 Å². The van der Waals surface area contributed by atoms with Crippen molar-refractivity contribution in [3.05, 3.63) is 76.5 Å². The van der Waals surface area contributed by atoms with E-state index in [-0.39, 0.29) is 5.90 Å². The molecule has 1 saturated heterocycles. The fourth-order valence-corrected chi connectivity index (χ4v) is 8.45. The number of benzene rings is 2. The van der Waals surface area contributed by atoms with Crippen LogP contribution in [0.1, 0.15) is 36.9 Å². The average Bonchev–Trinajstić information content (AvgIpc) is 3.03. The van der Waals surface area contributed by atoms with E-state index in [1.807, 2.05) is 54.1 Å². The number of para-hydroxylation sites is 1. The van der Waals surface area contributed by atoms with Crippen LogP contribution in [0.25, 0.3) is 11.8 Å². The summed E-state index contributed by atoms with van der Waals surface area (Å²) in [6.07, 6.45) is 3.53. The minimum Gasteiger partial charge on any atom is -0.430 e. The van der Waals surface area contributed by atoms with Gasteiger partial charge in [0, 0.05) is 18.1 Å². The summed E-state index contributed by atoms with van der Waals surface area (Å²) in [5.41, 5.74) is 2.86. The fourth-order valence-electron chi connectivity index (χ4n) is 4.46. The first-order valence-corrected chi connectivity index (χ1v) is 14.7. The number of rotatable bonds is 4. The van der Waals surface area contributed by atoms with E-state index in [1.54, 1.807) is 18.2 Å². The third-order valence-electron chi connectivity index (χ3n) is 6.19. The average molecular weight is 522 g/mol. The summed E-state index contributed by atoms with van der Waals surface area (Å²) >= 11 is 12.4. The molecule has 178 valence electrons. The van der Waals surface area contributed by atoms with Crippen LogP contribution in [0, 0.1) is 18.3 Å². The number of aliphatic imine (C=N–C) groups is 1. The first-order valence-electron chi connectivity index (χ1n) is 11.7. The predicted molar refractivity (Wildman–Crippen MR) is 145 cm³/mol. The van der Waals surface area contributed by atoms with Gasteiger partial charge in [-0.3, -0.25) is 0 Å². The van der Waals surface area contributed by atoms with Gasteiger partial charge in [0.1, 0.15) is 16.9 Å². The van der Waals surface area contributed by atoms with Gasteiger partial charge in [-0.15, -0.1) is 0 Å². The molecule has 2 aliphatic rings. The van der Waals surface area contributed by atoms with E-state index in [9.17, 15) is 5.26 Å². The van der Waals surface area contributed by atoms with Crippen molar-refractivity contribution in [1.82, 2.24) is 14.5 Å². The van der Waals surface area contributed by atoms with Gasteiger partial charge in [-0.25, -0.2) is 9.35 Å². The first kappa shape index (κ1) is 24.0. The van der Waals surface area contributed by atoms with Crippen molar-refractivity contribution in [2.75, 3.05) is 13.1 Å². The van der Waals surface area contributed by atoms with Crippen LogP contribution < -0.4 is 5.30 Å². The van der Waals surface area contributed by atoms with Crippen LogP contribution in [0.15, 0.2) is 65.2 Å². The number of fused-ring (bicyclic) bond motifs is 1. The Morgan fingerprint density at radius 3 is 2.43 bits per heavy atom. The van der Waals surface area contributed by atoms with Crippen molar-refractivity contribution < 1.29 is 4.52 Å². The summed E-state index contributed by atoms with van der Waals surface area (Å²) < 4.78 is 10.7. The second-order valence-corrected chi connectivity index (χ2v) is 12.8. The molecule has 0 aliphatic carbocycles. The Morgan fingerprint density at radius 1 is 1.09 bits per heavy atom. The van der Waals surface area contributed by atoms with Gasteiger partial charge in [0.25, 0.3) is 0 Å². The molecule has 2 aromatic carbocycles. The lowest BCUT2D eigenvalue weighted by Gasteiger charge is -2.36. The fraction of sp³-hybridized carbons (Fsp3) is 0.269. The SMILES string of the molecule is Cc1nn(-c2ccccc2)c2c1P(=S)(N1CCCCCC1)OC(/C(C#N)=C\c1ccc(Cl)cc1)=N2. The molecule has 35 heavy (non-hydrogen) atoms. The Kier molecular flexibility index (Phi) is 6.91. The maximum Gasteiger partial charge on any atom is 0.238 e. The van der Waals surface area contributed by atoms with Gasteiger partial charge in [-0.05, 0) is 67.5 Å². The minimum atomic E-state index is -2.74. The Balaban J connectivity index is 1.69. The van der Waals surface area contributed by atoms with Crippen molar-refractivity contribution in [3.8, 4) is 11.8 Å². The summed E-state index contributed by atoms with van der Waals surface area (Å²) in [6.45, 7) is 3.70. The van der Waals surface area contributed by atoms with Crippen LogP contribution in [0.5, 0.6) is 0 Å². The van der Waals surface area contributed by atoms with Crippen molar-refractivity contribution in [2.24, 2.45) is 4.99 Å². The lowest BCUT2D eigenvalue weighted by Crippen LogP contribution is -2.32.